The number of aliphatic imine (C=N–C) groups is 1. The summed E-state index contributed by atoms with van der Waals surface area (Å²) in [5.74, 6) is 1.45. The van der Waals surface area contributed by atoms with Crippen LogP contribution >= 0.6 is 24.0 Å². The topological polar surface area (TPSA) is 90.9 Å². The summed E-state index contributed by atoms with van der Waals surface area (Å²) in [4.78, 5) is 22.9. The maximum atomic E-state index is 12.1. The van der Waals surface area contributed by atoms with Gasteiger partial charge in [-0.2, -0.15) is 0 Å². The second kappa shape index (κ2) is 13.9. The minimum absolute atomic E-state index is 0. The Morgan fingerprint density at radius 1 is 1.12 bits per heavy atom. The van der Waals surface area contributed by atoms with E-state index in [1.165, 1.54) is 18.4 Å². The van der Waals surface area contributed by atoms with E-state index in [0.717, 1.165) is 25.4 Å². The lowest BCUT2D eigenvalue weighted by Crippen LogP contribution is -2.44. The van der Waals surface area contributed by atoms with Crippen molar-refractivity contribution in [2.75, 3.05) is 46.9 Å². The van der Waals surface area contributed by atoms with Gasteiger partial charge in [-0.3, -0.25) is 19.7 Å². The molecule has 1 aromatic carbocycles. The van der Waals surface area contributed by atoms with Crippen molar-refractivity contribution in [3.05, 3.63) is 59.9 Å². The quantitative estimate of drug-likeness (QED) is 0.192. The number of pyridine rings is 1. The average Bonchev–Trinajstić information content (AvgIpc) is 3.36. The third-order valence-electron chi connectivity index (χ3n) is 5.40. The number of hydrogen-bond acceptors (Lipinski definition) is 5. The van der Waals surface area contributed by atoms with Crippen molar-refractivity contribution in [2.45, 2.75) is 18.9 Å². The van der Waals surface area contributed by atoms with Gasteiger partial charge in [-0.15, -0.1) is 24.0 Å². The number of carbonyl (C=O) groups excluding carboxylic acids is 1. The molecule has 1 aliphatic heterocycles. The van der Waals surface area contributed by atoms with Gasteiger partial charge in [0, 0.05) is 39.1 Å². The number of hydrogen-bond donors (Lipinski definition) is 3. The van der Waals surface area contributed by atoms with Crippen molar-refractivity contribution >= 4 is 35.8 Å². The van der Waals surface area contributed by atoms with Gasteiger partial charge in [0.25, 0.3) is 5.91 Å². The van der Waals surface area contributed by atoms with Crippen LogP contribution in [0.25, 0.3) is 0 Å². The maximum Gasteiger partial charge on any atom is 0.252 e. The molecule has 0 spiro atoms. The second-order valence-corrected chi connectivity index (χ2v) is 7.41. The van der Waals surface area contributed by atoms with Gasteiger partial charge in [0.2, 0.25) is 0 Å². The molecule has 8 nitrogen and oxygen atoms in total. The highest BCUT2D eigenvalue weighted by Gasteiger charge is 2.23. The van der Waals surface area contributed by atoms with Crippen molar-refractivity contribution in [3.63, 3.8) is 0 Å². The van der Waals surface area contributed by atoms with Crippen LogP contribution in [0.3, 0.4) is 0 Å². The number of ether oxygens (including phenoxy) is 1. The van der Waals surface area contributed by atoms with Crippen LogP contribution in [0.1, 0.15) is 34.8 Å². The van der Waals surface area contributed by atoms with Crippen LogP contribution in [-0.4, -0.2) is 68.6 Å². The first kappa shape index (κ1) is 25.9. The second-order valence-electron chi connectivity index (χ2n) is 7.41. The lowest BCUT2D eigenvalue weighted by atomic mass is 10.1. The fourth-order valence-electron chi connectivity index (χ4n) is 3.71. The molecule has 1 atom stereocenters. The Hall–Kier alpha value is -2.40. The highest BCUT2D eigenvalue weighted by Crippen LogP contribution is 2.26. The summed E-state index contributed by atoms with van der Waals surface area (Å²) in [5.41, 5.74) is 1.81. The van der Waals surface area contributed by atoms with E-state index in [9.17, 15) is 4.79 Å². The van der Waals surface area contributed by atoms with Crippen LogP contribution in [0.15, 0.2) is 53.8 Å². The number of aromatic nitrogens is 1. The molecule has 0 bridgehead atoms. The number of nitrogens with zero attached hydrogens (tertiary/aromatic N) is 3. The SMILES string of the molecule is CN=C(NCCNC(=O)c1cccnc1)NCC(c1ccc(OC)cc1)N1CCCC1.I. The Bertz CT molecular complexity index is 841. The Labute approximate surface area is 207 Å². The van der Waals surface area contributed by atoms with Gasteiger partial charge in [0.05, 0.1) is 18.7 Å². The molecule has 0 radical (unpaired) electrons. The molecular weight excluding hydrogens is 519 g/mol. The summed E-state index contributed by atoms with van der Waals surface area (Å²) in [7, 11) is 3.44. The minimum Gasteiger partial charge on any atom is -0.497 e. The van der Waals surface area contributed by atoms with E-state index in [0.29, 0.717) is 24.6 Å². The molecule has 2 aromatic rings. The van der Waals surface area contributed by atoms with Gasteiger partial charge in [0.15, 0.2) is 5.96 Å². The molecule has 1 aromatic heterocycles. The molecule has 0 aliphatic carbocycles. The lowest BCUT2D eigenvalue weighted by molar-refractivity contribution is 0.0954. The lowest BCUT2D eigenvalue weighted by Gasteiger charge is -2.29. The normalized spacial score (nSPS) is 14.9. The third kappa shape index (κ3) is 7.63. The Morgan fingerprint density at radius 2 is 1.84 bits per heavy atom. The van der Waals surface area contributed by atoms with Crippen molar-refractivity contribution in [1.82, 2.24) is 25.8 Å². The molecule has 1 unspecified atom stereocenters. The highest BCUT2D eigenvalue weighted by molar-refractivity contribution is 14.0. The maximum absolute atomic E-state index is 12.1. The zero-order valence-corrected chi connectivity index (χ0v) is 21.0. The van der Waals surface area contributed by atoms with Crippen LogP contribution in [0.4, 0.5) is 0 Å². The van der Waals surface area contributed by atoms with E-state index in [1.807, 2.05) is 12.1 Å². The fourth-order valence-corrected chi connectivity index (χ4v) is 3.71. The Balaban J connectivity index is 0.00000363. The monoisotopic (exact) mass is 552 g/mol. The standard InChI is InChI=1S/C23H32N6O2.HI/c1-24-23(27-13-12-26-22(30)19-6-5-11-25-16-19)28-17-21(29-14-3-4-15-29)18-7-9-20(31-2)10-8-18;/h5-11,16,21H,3-4,12-15,17H2,1-2H3,(H,26,30)(H2,24,27,28);1H. The molecule has 2 heterocycles. The summed E-state index contributed by atoms with van der Waals surface area (Å²) in [6.07, 6.45) is 5.67. The summed E-state index contributed by atoms with van der Waals surface area (Å²) in [6.45, 7) is 4.01. The van der Waals surface area contributed by atoms with Crippen molar-refractivity contribution < 1.29 is 9.53 Å². The number of amides is 1. The zero-order chi connectivity index (χ0) is 21.9. The van der Waals surface area contributed by atoms with Gasteiger partial charge >= 0.3 is 0 Å². The third-order valence-corrected chi connectivity index (χ3v) is 5.40. The fraction of sp³-hybridized carbons (Fsp3) is 0.435. The first-order valence-electron chi connectivity index (χ1n) is 10.7. The summed E-state index contributed by atoms with van der Waals surface area (Å²) < 4.78 is 5.30. The van der Waals surface area contributed by atoms with Crippen LogP contribution in [-0.2, 0) is 0 Å². The number of likely N-dealkylation sites (tertiary alicyclic amines) is 1. The first-order valence-corrected chi connectivity index (χ1v) is 10.7. The predicted octanol–water partition coefficient (Wildman–Crippen LogP) is 2.44. The molecule has 0 saturated carbocycles. The van der Waals surface area contributed by atoms with Gasteiger partial charge in [0.1, 0.15) is 5.75 Å². The van der Waals surface area contributed by atoms with E-state index in [-0.39, 0.29) is 35.9 Å². The Morgan fingerprint density at radius 3 is 2.47 bits per heavy atom. The molecule has 9 heteroatoms. The minimum atomic E-state index is -0.133. The van der Waals surface area contributed by atoms with Gasteiger partial charge in [-0.1, -0.05) is 12.1 Å². The van der Waals surface area contributed by atoms with E-state index in [2.05, 4.69) is 43.0 Å². The Kier molecular flexibility index (Phi) is 11.2. The number of benzene rings is 1. The van der Waals surface area contributed by atoms with Crippen molar-refractivity contribution in [2.24, 2.45) is 4.99 Å². The van der Waals surface area contributed by atoms with Crippen LogP contribution in [0, 0.1) is 0 Å². The van der Waals surface area contributed by atoms with E-state index in [4.69, 9.17) is 4.74 Å². The number of nitrogens with one attached hydrogen (secondary N) is 3. The van der Waals surface area contributed by atoms with Crippen LogP contribution in [0.5, 0.6) is 5.75 Å². The molecule has 1 saturated heterocycles. The number of guanidine groups is 1. The molecule has 174 valence electrons. The summed E-state index contributed by atoms with van der Waals surface area (Å²) in [6, 6.07) is 12.0. The zero-order valence-electron chi connectivity index (χ0n) is 18.7. The molecule has 3 N–H and O–H groups in total. The van der Waals surface area contributed by atoms with E-state index < -0.39 is 0 Å². The van der Waals surface area contributed by atoms with Gasteiger partial charge in [-0.05, 0) is 55.8 Å². The molecule has 3 rings (SSSR count). The van der Waals surface area contributed by atoms with Crippen molar-refractivity contribution in [1.29, 1.82) is 0 Å². The van der Waals surface area contributed by atoms with E-state index in [1.54, 1.807) is 38.7 Å². The molecule has 1 aliphatic rings. The predicted molar refractivity (Wildman–Crippen MR) is 138 cm³/mol. The summed E-state index contributed by atoms with van der Waals surface area (Å²) in [5, 5.41) is 9.58. The number of rotatable bonds is 9. The molecule has 1 amide bonds. The smallest absolute Gasteiger partial charge is 0.252 e. The van der Waals surface area contributed by atoms with Crippen LogP contribution in [0.2, 0.25) is 0 Å². The first-order chi connectivity index (χ1) is 15.2. The largest absolute Gasteiger partial charge is 0.497 e. The molecule has 32 heavy (non-hydrogen) atoms. The average molecular weight is 552 g/mol. The van der Waals surface area contributed by atoms with Gasteiger partial charge in [-0.25, -0.2) is 0 Å². The van der Waals surface area contributed by atoms with Gasteiger partial charge < -0.3 is 20.7 Å². The van der Waals surface area contributed by atoms with E-state index >= 15 is 0 Å². The highest BCUT2D eigenvalue weighted by atomic mass is 127. The number of carbonyl (C=O) groups is 1. The molecule has 1 fully saturated rings. The van der Waals surface area contributed by atoms with Crippen molar-refractivity contribution in [3.8, 4) is 5.75 Å². The molecular formula is C23H33IN6O2. The van der Waals surface area contributed by atoms with Crippen LogP contribution < -0.4 is 20.7 Å². The number of halogens is 1. The number of methoxy groups -OCH3 is 1. The summed E-state index contributed by atoms with van der Waals surface area (Å²) >= 11 is 0.